The lowest BCUT2D eigenvalue weighted by Crippen LogP contribution is -2.22. The highest BCUT2D eigenvalue weighted by molar-refractivity contribution is 7.41. The number of rotatable bonds is 26. The van der Waals surface area contributed by atoms with E-state index in [2.05, 4.69) is 34.6 Å². The fourth-order valence-corrected chi connectivity index (χ4v) is 4.94. The van der Waals surface area contributed by atoms with Gasteiger partial charge in [-0.15, -0.1) is 0 Å². The Morgan fingerprint density at radius 2 is 0.939 bits per heavy atom. The van der Waals surface area contributed by atoms with Crippen LogP contribution in [0, 0.1) is 11.8 Å². The third kappa shape index (κ3) is 26.7. The lowest BCUT2D eigenvalue weighted by atomic mass is 10.1. The average molecular weight is 490 g/mol. The summed E-state index contributed by atoms with van der Waals surface area (Å²) < 4.78 is 18.0. The van der Waals surface area contributed by atoms with Crippen LogP contribution in [0.1, 0.15) is 150 Å². The van der Waals surface area contributed by atoms with Gasteiger partial charge in [0.1, 0.15) is 6.23 Å². The second kappa shape index (κ2) is 25.4. The zero-order valence-corrected chi connectivity index (χ0v) is 24.0. The summed E-state index contributed by atoms with van der Waals surface area (Å²) in [6.45, 7) is 12.8. The predicted octanol–water partition coefficient (Wildman–Crippen LogP) is 9.90. The van der Waals surface area contributed by atoms with Crippen molar-refractivity contribution in [1.82, 2.24) is 0 Å². The van der Waals surface area contributed by atoms with Crippen LogP contribution >= 0.6 is 8.60 Å². The van der Waals surface area contributed by atoms with Crippen LogP contribution in [0.2, 0.25) is 0 Å². The molecule has 0 bridgehead atoms. The Labute approximate surface area is 209 Å². The van der Waals surface area contributed by atoms with Gasteiger partial charge in [0.15, 0.2) is 0 Å². The van der Waals surface area contributed by atoms with E-state index in [4.69, 9.17) is 19.3 Å². The van der Waals surface area contributed by atoms with E-state index in [-0.39, 0.29) is 6.23 Å². The van der Waals surface area contributed by atoms with Gasteiger partial charge in [-0.1, -0.05) is 125 Å². The Morgan fingerprint density at radius 3 is 1.39 bits per heavy atom. The molecule has 1 atom stereocenters. The fourth-order valence-electron chi connectivity index (χ4n) is 3.86. The second-order valence-corrected chi connectivity index (χ2v) is 11.8. The molecule has 0 saturated carbocycles. The first-order valence-corrected chi connectivity index (χ1v) is 15.5. The normalized spacial score (nSPS) is 13.0. The van der Waals surface area contributed by atoms with Crippen molar-refractivity contribution in [2.24, 2.45) is 17.6 Å². The highest BCUT2D eigenvalue weighted by atomic mass is 31.2. The first-order valence-electron chi connectivity index (χ1n) is 14.4. The van der Waals surface area contributed by atoms with Crippen molar-refractivity contribution in [3.63, 3.8) is 0 Å². The molecular weight excluding hydrogens is 429 g/mol. The van der Waals surface area contributed by atoms with E-state index in [1.807, 2.05) is 0 Å². The summed E-state index contributed by atoms with van der Waals surface area (Å²) in [6, 6.07) is 0. The van der Waals surface area contributed by atoms with Crippen LogP contribution in [-0.2, 0) is 13.6 Å². The van der Waals surface area contributed by atoms with E-state index in [1.54, 1.807) is 0 Å². The minimum absolute atomic E-state index is 0.275. The maximum atomic E-state index is 6.27. The maximum absolute atomic E-state index is 6.27. The molecule has 4 nitrogen and oxygen atoms in total. The van der Waals surface area contributed by atoms with E-state index in [0.717, 1.165) is 37.5 Å². The van der Waals surface area contributed by atoms with Gasteiger partial charge in [0.2, 0.25) is 0 Å². The molecule has 0 aromatic carbocycles. The van der Waals surface area contributed by atoms with Crippen molar-refractivity contribution >= 4 is 8.60 Å². The highest BCUT2D eigenvalue weighted by Gasteiger charge is 2.17. The summed E-state index contributed by atoms with van der Waals surface area (Å²) in [4.78, 5) is 0. The molecule has 2 N–H and O–H groups in total. The van der Waals surface area contributed by atoms with Crippen LogP contribution < -0.4 is 5.73 Å². The van der Waals surface area contributed by atoms with Crippen molar-refractivity contribution < 1.29 is 13.6 Å². The Bertz CT molecular complexity index is 362. The topological polar surface area (TPSA) is 53.7 Å². The molecule has 0 spiro atoms. The molecule has 0 fully saturated rings. The summed E-state index contributed by atoms with van der Waals surface area (Å²) in [5.74, 6) is 1.56. The molecule has 0 rings (SSSR count). The van der Waals surface area contributed by atoms with Crippen LogP contribution in [0.5, 0.6) is 0 Å². The van der Waals surface area contributed by atoms with Gasteiger partial charge in [0.25, 0.3) is 0 Å². The minimum atomic E-state index is -1.33. The molecule has 0 aromatic rings. The van der Waals surface area contributed by atoms with Gasteiger partial charge in [-0.3, -0.25) is 4.52 Å². The van der Waals surface area contributed by atoms with Crippen molar-refractivity contribution in [2.45, 2.75) is 156 Å². The van der Waals surface area contributed by atoms with Crippen molar-refractivity contribution in [3.05, 3.63) is 0 Å². The molecule has 0 radical (unpaired) electrons. The number of hydrogen-bond acceptors (Lipinski definition) is 4. The van der Waals surface area contributed by atoms with Gasteiger partial charge in [-0.2, -0.15) is 0 Å². The van der Waals surface area contributed by atoms with Gasteiger partial charge in [-0.25, -0.2) is 0 Å². The number of nitrogens with two attached hydrogens (primary N) is 1. The molecule has 0 aromatic heterocycles. The minimum Gasteiger partial charge on any atom is -0.312 e. The second-order valence-electron chi connectivity index (χ2n) is 10.6. The van der Waals surface area contributed by atoms with Crippen LogP contribution in [0.3, 0.4) is 0 Å². The van der Waals surface area contributed by atoms with Gasteiger partial charge >= 0.3 is 8.60 Å². The third-order valence-corrected chi connectivity index (χ3v) is 7.29. The Balaban J connectivity index is 4.01. The van der Waals surface area contributed by atoms with Crippen molar-refractivity contribution in [1.29, 1.82) is 0 Å². The van der Waals surface area contributed by atoms with E-state index in [1.165, 1.54) is 89.9 Å². The summed E-state index contributed by atoms with van der Waals surface area (Å²) >= 11 is 0. The lowest BCUT2D eigenvalue weighted by Gasteiger charge is -2.21. The first kappa shape index (κ1) is 33.3. The molecule has 0 aliphatic rings. The molecule has 1 unspecified atom stereocenters. The molecule has 33 heavy (non-hydrogen) atoms. The molecular formula is C28H60NO3P. The molecule has 0 amide bonds. The van der Waals surface area contributed by atoms with Crippen molar-refractivity contribution in [3.8, 4) is 0 Å². The van der Waals surface area contributed by atoms with E-state index in [0.29, 0.717) is 13.2 Å². The average Bonchev–Trinajstić information content (AvgIpc) is 2.76. The van der Waals surface area contributed by atoms with Gasteiger partial charge in [-0.05, 0) is 37.5 Å². The van der Waals surface area contributed by atoms with Crippen LogP contribution in [-0.4, -0.2) is 19.4 Å². The van der Waals surface area contributed by atoms with Crippen molar-refractivity contribution in [2.75, 3.05) is 13.2 Å². The molecule has 5 heteroatoms. The number of hydrogen-bond donors (Lipinski definition) is 1. The molecule has 0 saturated heterocycles. The first-order chi connectivity index (χ1) is 16.0. The Morgan fingerprint density at radius 1 is 0.545 bits per heavy atom. The molecule has 200 valence electrons. The lowest BCUT2D eigenvalue weighted by molar-refractivity contribution is 0.111. The third-order valence-electron chi connectivity index (χ3n) is 6.06. The summed E-state index contributed by atoms with van der Waals surface area (Å²) in [5, 5.41) is 0. The largest absolute Gasteiger partial charge is 0.334 e. The molecule has 0 aliphatic carbocycles. The zero-order valence-electron chi connectivity index (χ0n) is 23.1. The SMILES string of the molecule is CCCCCCCCCCCC(N)OP(OCCCCCC(C)C)OCCCCCC(C)C. The van der Waals surface area contributed by atoms with E-state index in [9.17, 15) is 0 Å². The Kier molecular flexibility index (Phi) is 25.6. The molecule has 0 aliphatic heterocycles. The smallest absolute Gasteiger partial charge is 0.312 e. The van der Waals surface area contributed by atoms with E-state index >= 15 is 0 Å². The quantitative estimate of drug-likeness (QED) is 0.0746. The fraction of sp³-hybridized carbons (Fsp3) is 1.00. The van der Waals surface area contributed by atoms with Crippen LogP contribution in [0.4, 0.5) is 0 Å². The number of unbranched alkanes of at least 4 members (excludes halogenated alkanes) is 12. The van der Waals surface area contributed by atoms with Crippen LogP contribution in [0.25, 0.3) is 0 Å². The van der Waals surface area contributed by atoms with Crippen LogP contribution in [0.15, 0.2) is 0 Å². The zero-order chi connectivity index (χ0) is 24.6. The van der Waals surface area contributed by atoms with Gasteiger partial charge < -0.3 is 14.8 Å². The maximum Gasteiger partial charge on any atom is 0.334 e. The summed E-state index contributed by atoms with van der Waals surface area (Å²) in [5.41, 5.74) is 6.27. The van der Waals surface area contributed by atoms with E-state index < -0.39 is 8.60 Å². The van der Waals surface area contributed by atoms with Gasteiger partial charge in [0.05, 0.1) is 13.2 Å². The standard InChI is InChI=1S/C28H60NO3P/c1-6-7-8-9-10-11-12-13-18-23-28(29)32-33(30-24-19-14-16-21-26(2)3)31-25-20-15-17-22-27(4)5/h26-28H,6-25,29H2,1-5H3. The monoisotopic (exact) mass is 489 g/mol. The summed E-state index contributed by atoms with van der Waals surface area (Å²) in [7, 11) is -1.33. The van der Waals surface area contributed by atoms with Gasteiger partial charge in [0, 0.05) is 0 Å². The Hall–Kier alpha value is 0.270. The predicted molar refractivity (Wildman–Crippen MR) is 146 cm³/mol. The highest BCUT2D eigenvalue weighted by Crippen LogP contribution is 2.41. The summed E-state index contributed by atoms with van der Waals surface area (Å²) in [6.07, 6.45) is 22.2. The molecule has 0 heterocycles.